The van der Waals surface area contributed by atoms with Gasteiger partial charge in [-0.05, 0) is 30.9 Å². The first-order valence-corrected chi connectivity index (χ1v) is 6.78. The summed E-state index contributed by atoms with van der Waals surface area (Å²) in [7, 11) is 0. The minimum atomic E-state index is -0.661. The summed E-state index contributed by atoms with van der Waals surface area (Å²) in [5.74, 6) is -0.152. The Morgan fingerprint density at radius 2 is 2.00 bits per heavy atom. The summed E-state index contributed by atoms with van der Waals surface area (Å²) >= 11 is 3.29. The molecule has 0 heterocycles. The van der Waals surface area contributed by atoms with Gasteiger partial charge in [-0.15, -0.1) is 0 Å². The molecule has 1 fully saturated rings. The highest BCUT2D eigenvalue weighted by atomic mass is 79.9. The molecule has 0 aromatic heterocycles. The fourth-order valence-electron chi connectivity index (χ4n) is 2.59. The van der Waals surface area contributed by atoms with E-state index >= 15 is 0 Å². The first kappa shape index (κ1) is 13.0. The average molecular weight is 302 g/mol. The van der Waals surface area contributed by atoms with Crippen LogP contribution in [0.25, 0.3) is 0 Å². The third-order valence-corrected chi connectivity index (χ3v) is 4.28. The number of rotatable bonds is 3. The number of hydrogen-bond acceptors (Lipinski definition) is 2. The fourth-order valence-corrected chi connectivity index (χ4v) is 3.20. The molecule has 2 nitrogen and oxygen atoms in total. The molecule has 94 valence electrons. The summed E-state index contributed by atoms with van der Waals surface area (Å²) in [5, 5.41) is 10.2. The van der Waals surface area contributed by atoms with Gasteiger partial charge in [-0.1, -0.05) is 34.8 Å². The third-order valence-electron chi connectivity index (χ3n) is 3.58. The first-order valence-electron chi connectivity index (χ1n) is 5.99. The molecule has 4 heteroatoms. The van der Waals surface area contributed by atoms with E-state index in [0.29, 0.717) is 10.0 Å². The van der Waals surface area contributed by atoms with Crippen LogP contribution in [0.15, 0.2) is 22.7 Å². The normalized spacial score (nSPS) is 20.5. The zero-order chi connectivity index (χ0) is 12.4. The molecule has 0 amide bonds. The van der Waals surface area contributed by atoms with Gasteiger partial charge in [-0.25, -0.2) is 4.39 Å². The van der Waals surface area contributed by atoms with Crippen molar-refractivity contribution in [2.24, 2.45) is 11.7 Å². The van der Waals surface area contributed by atoms with E-state index in [1.807, 2.05) is 0 Å². The first-order chi connectivity index (χ1) is 8.11. The molecule has 0 saturated heterocycles. The third kappa shape index (κ3) is 2.69. The van der Waals surface area contributed by atoms with Crippen molar-refractivity contribution in [3.8, 4) is 0 Å². The van der Waals surface area contributed by atoms with Gasteiger partial charge in [0.25, 0.3) is 0 Å². The van der Waals surface area contributed by atoms with E-state index in [2.05, 4.69) is 15.9 Å². The SMILES string of the molecule is N[C@H](c1c(F)cccc1Br)[C@@H](O)C1CCCC1. The molecule has 2 rings (SSSR count). The molecule has 0 unspecified atom stereocenters. The van der Waals surface area contributed by atoms with Gasteiger partial charge in [0.1, 0.15) is 5.82 Å². The lowest BCUT2D eigenvalue weighted by Crippen LogP contribution is -2.32. The van der Waals surface area contributed by atoms with E-state index in [9.17, 15) is 9.50 Å². The molecule has 0 radical (unpaired) electrons. The van der Waals surface area contributed by atoms with Crippen LogP contribution in [-0.4, -0.2) is 11.2 Å². The van der Waals surface area contributed by atoms with Crippen LogP contribution >= 0.6 is 15.9 Å². The molecule has 2 atom stereocenters. The number of aliphatic hydroxyl groups is 1. The lowest BCUT2D eigenvalue weighted by Gasteiger charge is -2.25. The van der Waals surface area contributed by atoms with Crippen LogP contribution in [0.3, 0.4) is 0 Å². The standard InChI is InChI=1S/C13H17BrFNO/c14-9-6-3-7-10(15)11(9)12(16)13(17)8-4-1-2-5-8/h3,6-8,12-13,17H,1-2,4-5,16H2/t12-,13+/m1/s1. The highest BCUT2D eigenvalue weighted by molar-refractivity contribution is 9.10. The Bertz CT molecular complexity index is 373. The molecule has 1 aromatic rings. The minimum absolute atomic E-state index is 0.205. The van der Waals surface area contributed by atoms with Crippen LogP contribution in [0.4, 0.5) is 4.39 Å². The quantitative estimate of drug-likeness (QED) is 0.901. The van der Waals surface area contributed by atoms with Crippen molar-refractivity contribution in [2.75, 3.05) is 0 Å². The predicted octanol–water partition coefficient (Wildman–Crippen LogP) is 3.14. The molecule has 1 saturated carbocycles. The molecule has 0 bridgehead atoms. The Hall–Kier alpha value is -0.450. The molecule has 0 spiro atoms. The second-order valence-electron chi connectivity index (χ2n) is 4.70. The van der Waals surface area contributed by atoms with Crippen molar-refractivity contribution >= 4 is 15.9 Å². The van der Waals surface area contributed by atoms with E-state index in [1.165, 1.54) is 6.07 Å². The number of halogens is 2. The van der Waals surface area contributed by atoms with Crippen molar-refractivity contribution in [3.05, 3.63) is 34.1 Å². The largest absolute Gasteiger partial charge is 0.391 e. The summed E-state index contributed by atoms with van der Waals surface area (Å²) in [6, 6.07) is 4.09. The van der Waals surface area contributed by atoms with Gasteiger partial charge in [-0.2, -0.15) is 0 Å². The van der Waals surface area contributed by atoms with Crippen LogP contribution in [-0.2, 0) is 0 Å². The van der Waals surface area contributed by atoms with Crippen molar-refractivity contribution in [1.29, 1.82) is 0 Å². The molecule has 17 heavy (non-hydrogen) atoms. The van der Waals surface area contributed by atoms with E-state index in [0.717, 1.165) is 25.7 Å². The lowest BCUT2D eigenvalue weighted by atomic mass is 9.91. The highest BCUT2D eigenvalue weighted by Crippen LogP contribution is 2.35. The zero-order valence-electron chi connectivity index (χ0n) is 9.57. The zero-order valence-corrected chi connectivity index (χ0v) is 11.2. The van der Waals surface area contributed by atoms with Crippen molar-refractivity contribution in [1.82, 2.24) is 0 Å². The van der Waals surface area contributed by atoms with Crippen LogP contribution < -0.4 is 5.73 Å². The van der Waals surface area contributed by atoms with Crippen molar-refractivity contribution in [2.45, 2.75) is 37.8 Å². The van der Waals surface area contributed by atoms with Gasteiger partial charge in [0.05, 0.1) is 12.1 Å². The second kappa shape index (κ2) is 5.46. The monoisotopic (exact) mass is 301 g/mol. The van der Waals surface area contributed by atoms with Crippen LogP contribution in [0.1, 0.15) is 37.3 Å². The minimum Gasteiger partial charge on any atom is -0.391 e. The molecule has 3 N–H and O–H groups in total. The summed E-state index contributed by atoms with van der Waals surface area (Å²) in [6.45, 7) is 0. The van der Waals surface area contributed by atoms with Crippen LogP contribution in [0.5, 0.6) is 0 Å². The second-order valence-corrected chi connectivity index (χ2v) is 5.55. The van der Waals surface area contributed by atoms with E-state index in [4.69, 9.17) is 5.73 Å². The van der Waals surface area contributed by atoms with Crippen LogP contribution in [0, 0.1) is 11.7 Å². The number of benzene rings is 1. The Morgan fingerprint density at radius 1 is 1.35 bits per heavy atom. The number of nitrogens with two attached hydrogens (primary N) is 1. The van der Waals surface area contributed by atoms with Crippen LogP contribution in [0.2, 0.25) is 0 Å². The van der Waals surface area contributed by atoms with Crippen molar-refractivity contribution in [3.63, 3.8) is 0 Å². The van der Waals surface area contributed by atoms with Gasteiger partial charge in [-0.3, -0.25) is 0 Å². The maximum absolute atomic E-state index is 13.7. The highest BCUT2D eigenvalue weighted by Gasteiger charge is 2.30. The predicted molar refractivity (Wildman–Crippen MR) is 69.0 cm³/mol. The maximum atomic E-state index is 13.7. The smallest absolute Gasteiger partial charge is 0.129 e. The van der Waals surface area contributed by atoms with E-state index in [1.54, 1.807) is 12.1 Å². The van der Waals surface area contributed by atoms with Crippen molar-refractivity contribution < 1.29 is 9.50 Å². The molecule has 0 aliphatic heterocycles. The van der Waals surface area contributed by atoms with Gasteiger partial charge >= 0.3 is 0 Å². The van der Waals surface area contributed by atoms with Gasteiger partial charge in [0, 0.05) is 10.0 Å². The number of hydrogen-bond donors (Lipinski definition) is 2. The Morgan fingerprint density at radius 3 is 2.59 bits per heavy atom. The molecular weight excluding hydrogens is 285 g/mol. The maximum Gasteiger partial charge on any atom is 0.129 e. The fraction of sp³-hybridized carbons (Fsp3) is 0.538. The Kier molecular flexibility index (Phi) is 4.17. The van der Waals surface area contributed by atoms with Gasteiger partial charge in [0.15, 0.2) is 0 Å². The molecule has 1 aromatic carbocycles. The molecule has 1 aliphatic carbocycles. The average Bonchev–Trinajstić information content (AvgIpc) is 2.81. The van der Waals surface area contributed by atoms with E-state index < -0.39 is 12.1 Å². The summed E-state index contributed by atoms with van der Waals surface area (Å²) < 4.78 is 14.4. The number of aliphatic hydroxyl groups excluding tert-OH is 1. The summed E-state index contributed by atoms with van der Waals surface area (Å²) in [4.78, 5) is 0. The topological polar surface area (TPSA) is 46.2 Å². The molecular formula is C13H17BrFNO. The van der Waals surface area contributed by atoms with E-state index in [-0.39, 0.29) is 11.7 Å². The van der Waals surface area contributed by atoms with Gasteiger partial charge < -0.3 is 10.8 Å². The summed E-state index contributed by atoms with van der Waals surface area (Å²) in [5.41, 5.74) is 6.38. The summed E-state index contributed by atoms with van der Waals surface area (Å²) in [6.07, 6.45) is 3.58. The Balaban J connectivity index is 2.20. The Labute approximate surface area is 109 Å². The van der Waals surface area contributed by atoms with Gasteiger partial charge in [0.2, 0.25) is 0 Å². The lowest BCUT2D eigenvalue weighted by molar-refractivity contribution is 0.0830. The molecule has 1 aliphatic rings.